The maximum Gasteiger partial charge on any atom is 0.227 e. The first-order valence-corrected chi connectivity index (χ1v) is 11.3. The summed E-state index contributed by atoms with van der Waals surface area (Å²) in [5, 5.41) is 1.21. The zero-order valence-electron chi connectivity index (χ0n) is 18.6. The summed E-state index contributed by atoms with van der Waals surface area (Å²) in [6, 6.07) is 9.67. The summed E-state index contributed by atoms with van der Waals surface area (Å²) >= 11 is 0. The predicted octanol–water partition coefficient (Wildman–Crippen LogP) is 4.90. The molecule has 1 aliphatic rings. The Balaban J connectivity index is 1.17. The van der Waals surface area contributed by atoms with E-state index in [1.54, 1.807) is 7.11 Å². The Morgan fingerprint density at radius 1 is 1.12 bits per heavy atom. The van der Waals surface area contributed by atoms with Crippen LogP contribution in [-0.2, 0) is 22.6 Å². The standard InChI is InChI=1S/C25H31NO6/c1-28-20-9-8-19-10-12-26(22(19)15-20)11-4-2-5-13-29-24-18-31-21(16-23(24)27)17-32-25-7-3-6-14-30-25/h8-10,12,15-16,18,25H,2-7,11,13-14,17H2,1H3. The van der Waals surface area contributed by atoms with Gasteiger partial charge in [0.05, 0.1) is 19.2 Å². The van der Waals surface area contributed by atoms with Gasteiger partial charge in [0.25, 0.3) is 0 Å². The topological polar surface area (TPSA) is 72.1 Å². The van der Waals surface area contributed by atoms with Crippen LogP contribution in [-0.4, -0.2) is 31.2 Å². The first-order chi connectivity index (χ1) is 15.7. The minimum Gasteiger partial charge on any atom is -0.497 e. The molecule has 7 heteroatoms. The van der Waals surface area contributed by atoms with Crippen molar-refractivity contribution in [2.75, 3.05) is 20.3 Å². The Morgan fingerprint density at radius 2 is 2.06 bits per heavy atom. The molecule has 3 aromatic rings. The van der Waals surface area contributed by atoms with E-state index >= 15 is 0 Å². The summed E-state index contributed by atoms with van der Waals surface area (Å²) in [4.78, 5) is 12.3. The average Bonchev–Trinajstić information content (AvgIpc) is 3.23. The van der Waals surface area contributed by atoms with Crippen molar-refractivity contribution in [3.05, 3.63) is 58.8 Å². The van der Waals surface area contributed by atoms with Gasteiger partial charge in [0, 0.05) is 31.5 Å². The van der Waals surface area contributed by atoms with Gasteiger partial charge in [-0.05, 0) is 62.1 Å². The van der Waals surface area contributed by atoms with E-state index in [9.17, 15) is 4.79 Å². The minimum atomic E-state index is -0.212. The largest absolute Gasteiger partial charge is 0.497 e. The van der Waals surface area contributed by atoms with E-state index in [0.717, 1.165) is 57.4 Å². The third-order valence-corrected chi connectivity index (χ3v) is 5.68. The van der Waals surface area contributed by atoms with Gasteiger partial charge in [-0.2, -0.15) is 0 Å². The van der Waals surface area contributed by atoms with Crippen LogP contribution in [0.15, 0.2) is 52.0 Å². The number of nitrogens with zero attached hydrogens (tertiary/aromatic N) is 1. The molecule has 1 aliphatic heterocycles. The summed E-state index contributed by atoms with van der Waals surface area (Å²) in [5.74, 6) is 1.59. The number of aromatic nitrogens is 1. The van der Waals surface area contributed by atoms with Crippen LogP contribution in [0, 0.1) is 0 Å². The highest BCUT2D eigenvalue weighted by Crippen LogP contribution is 2.22. The van der Waals surface area contributed by atoms with E-state index in [1.165, 1.54) is 23.2 Å². The lowest BCUT2D eigenvalue weighted by Gasteiger charge is -2.22. The molecule has 0 spiro atoms. The second-order valence-corrected chi connectivity index (χ2v) is 8.02. The number of ether oxygens (including phenoxy) is 4. The highest BCUT2D eigenvalue weighted by atomic mass is 16.7. The molecule has 0 radical (unpaired) electrons. The lowest BCUT2D eigenvalue weighted by Crippen LogP contribution is -2.22. The van der Waals surface area contributed by atoms with E-state index in [2.05, 4.69) is 29.0 Å². The Bertz CT molecular complexity index is 1050. The summed E-state index contributed by atoms with van der Waals surface area (Å²) in [6.07, 6.45) is 9.21. The SMILES string of the molecule is COc1ccc2ccn(CCCCCOc3coc(COC4CCCCO4)cc3=O)c2c1. The van der Waals surface area contributed by atoms with E-state index in [-0.39, 0.29) is 24.1 Å². The van der Waals surface area contributed by atoms with Crippen molar-refractivity contribution in [1.82, 2.24) is 4.57 Å². The molecule has 1 aromatic carbocycles. The maximum atomic E-state index is 12.3. The lowest BCUT2D eigenvalue weighted by molar-refractivity contribution is -0.171. The van der Waals surface area contributed by atoms with Crippen molar-refractivity contribution in [3.8, 4) is 11.5 Å². The molecule has 1 unspecified atom stereocenters. The van der Waals surface area contributed by atoms with Crippen LogP contribution in [0.25, 0.3) is 10.9 Å². The van der Waals surface area contributed by atoms with Gasteiger partial charge in [0.15, 0.2) is 6.29 Å². The molecule has 0 saturated carbocycles. The van der Waals surface area contributed by atoms with Crippen molar-refractivity contribution in [3.63, 3.8) is 0 Å². The smallest absolute Gasteiger partial charge is 0.227 e. The van der Waals surface area contributed by atoms with Crippen molar-refractivity contribution in [2.24, 2.45) is 0 Å². The number of unbranched alkanes of at least 4 members (excludes halogenated alkanes) is 2. The molecule has 0 N–H and O–H groups in total. The zero-order chi connectivity index (χ0) is 22.2. The third kappa shape index (κ3) is 5.93. The van der Waals surface area contributed by atoms with Crippen molar-refractivity contribution < 1.29 is 23.4 Å². The fourth-order valence-corrected chi connectivity index (χ4v) is 3.87. The molecule has 0 bridgehead atoms. The van der Waals surface area contributed by atoms with Gasteiger partial charge >= 0.3 is 0 Å². The second-order valence-electron chi connectivity index (χ2n) is 8.02. The fraction of sp³-hybridized carbons (Fsp3) is 0.480. The van der Waals surface area contributed by atoms with Gasteiger partial charge in [-0.25, -0.2) is 0 Å². The monoisotopic (exact) mass is 441 g/mol. The highest BCUT2D eigenvalue weighted by molar-refractivity contribution is 5.81. The molecule has 7 nitrogen and oxygen atoms in total. The fourth-order valence-electron chi connectivity index (χ4n) is 3.87. The minimum absolute atomic E-state index is 0.188. The molecule has 32 heavy (non-hydrogen) atoms. The van der Waals surface area contributed by atoms with Crippen LogP contribution in [0.4, 0.5) is 0 Å². The number of aryl methyl sites for hydroxylation is 1. The number of hydrogen-bond donors (Lipinski definition) is 0. The summed E-state index contributed by atoms with van der Waals surface area (Å²) in [6.45, 7) is 2.35. The molecular formula is C25H31NO6. The van der Waals surface area contributed by atoms with E-state index in [0.29, 0.717) is 12.4 Å². The zero-order valence-corrected chi connectivity index (χ0v) is 18.6. The Morgan fingerprint density at radius 3 is 2.88 bits per heavy atom. The Kier molecular flexibility index (Phi) is 7.85. The molecule has 2 aromatic heterocycles. The van der Waals surface area contributed by atoms with Crippen LogP contribution < -0.4 is 14.9 Å². The second kappa shape index (κ2) is 11.2. The molecule has 1 saturated heterocycles. The molecule has 4 rings (SSSR count). The van der Waals surface area contributed by atoms with Crippen molar-refractivity contribution in [2.45, 2.75) is 58.0 Å². The quantitative estimate of drug-likeness (QED) is 0.394. The average molecular weight is 442 g/mol. The third-order valence-electron chi connectivity index (χ3n) is 5.68. The summed E-state index contributed by atoms with van der Waals surface area (Å²) in [5.41, 5.74) is 0.990. The maximum absolute atomic E-state index is 12.3. The number of methoxy groups -OCH3 is 1. The van der Waals surface area contributed by atoms with E-state index in [4.69, 9.17) is 23.4 Å². The molecule has 3 heterocycles. The number of hydrogen-bond acceptors (Lipinski definition) is 6. The Labute approximate surface area is 187 Å². The van der Waals surface area contributed by atoms with Gasteiger partial charge in [-0.1, -0.05) is 0 Å². The number of benzene rings is 1. The first-order valence-electron chi connectivity index (χ1n) is 11.3. The van der Waals surface area contributed by atoms with Gasteiger partial charge in [-0.15, -0.1) is 0 Å². The first kappa shape index (κ1) is 22.4. The van der Waals surface area contributed by atoms with Crippen LogP contribution in [0.5, 0.6) is 11.5 Å². The molecule has 0 amide bonds. The van der Waals surface area contributed by atoms with Gasteiger partial charge < -0.3 is 27.9 Å². The molecule has 0 aliphatic carbocycles. The van der Waals surface area contributed by atoms with Gasteiger partial charge in [-0.3, -0.25) is 4.79 Å². The summed E-state index contributed by atoms with van der Waals surface area (Å²) < 4.78 is 29.9. The number of fused-ring (bicyclic) bond motifs is 1. The summed E-state index contributed by atoms with van der Waals surface area (Å²) in [7, 11) is 1.68. The van der Waals surface area contributed by atoms with Crippen LogP contribution in [0.1, 0.15) is 44.3 Å². The van der Waals surface area contributed by atoms with Crippen LogP contribution in [0.2, 0.25) is 0 Å². The van der Waals surface area contributed by atoms with Crippen molar-refractivity contribution in [1.29, 1.82) is 0 Å². The van der Waals surface area contributed by atoms with Gasteiger partial charge in [0.2, 0.25) is 11.2 Å². The predicted molar refractivity (Wildman–Crippen MR) is 121 cm³/mol. The van der Waals surface area contributed by atoms with Crippen LogP contribution in [0.3, 0.4) is 0 Å². The highest BCUT2D eigenvalue weighted by Gasteiger charge is 2.15. The van der Waals surface area contributed by atoms with Crippen molar-refractivity contribution >= 4 is 10.9 Å². The van der Waals surface area contributed by atoms with E-state index in [1.807, 2.05) is 6.07 Å². The normalized spacial score (nSPS) is 16.3. The molecule has 172 valence electrons. The number of rotatable bonds is 11. The lowest BCUT2D eigenvalue weighted by atomic mass is 10.2. The van der Waals surface area contributed by atoms with E-state index < -0.39 is 0 Å². The molecule has 1 atom stereocenters. The Hall–Kier alpha value is -2.77. The van der Waals surface area contributed by atoms with Crippen LogP contribution >= 0.6 is 0 Å². The van der Waals surface area contributed by atoms with Gasteiger partial charge in [0.1, 0.15) is 24.4 Å². The molecule has 1 fully saturated rings. The molecular weight excluding hydrogens is 410 g/mol.